The quantitative estimate of drug-likeness (QED) is 0.652. The number of rotatable bonds is 1. The van der Waals surface area contributed by atoms with Gasteiger partial charge in [-0.05, 0) is 12.5 Å². The van der Waals surface area contributed by atoms with Gasteiger partial charge in [-0.1, -0.05) is 24.3 Å². The molecule has 1 aliphatic rings. The number of benzene rings is 1. The average Bonchev–Trinajstić information content (AvgIpc) is 2.23. The van der Waals surface area contributed by atoms with Crippen LogP contribution in [0.25, 0.3) is 0 Å². The van der Waals surface area contributed by atoms with E-state index < -0.39 is 17.7 Å². The van der Waals surface area contributed by atoms with Crippen LogP contribution in [0.15, 0.2) is 24.3 Å². The third-order valence-electron chi connectivity index (χ3n) is 2.70. The van der Waals surface area contributed by atoms with Crippen LogP contribution in [0, 0.1) is 0 Å². The Morgan fingerprint density at radius 1 is 1.47 bits per heavy atom. The van der Waals surface area contributed by atoms with Gasteiger partial charge >= 0.3 is 5.97 Å². The molecule has 0 fully saturated rings. The van der Waals surface area contributed by atoms with Crippen LogP contribution >= 0.6 is 0 Å². The number of esters is 1. The van der Waals surface area contributed by atoms with E-state index >= 15 is 0 Å². The van der Waals surface area contributed by atoms with Crippen LogP contribution in [0.1, 0.15) is 18.1 Å². The van der Waals surface area contributed by atoms with E-state index in [1.165, 1.54) is 6.92 Å². The van der Waals surface area contributed by atoms with Crippen molar-refractivity contribution in [3.63, 3.8) is 0 Å². The standard InChI is InChI=1S/C11H12O4/c1-7(12)11(14)9-5-3-2-4-8(9)6-15-10(11)13/h2-5,7,12,14H,6H2,1H3/t7-,11-/m0/s1. The van der Waals surface area contributed by atoms with E-state index in [1.807, 2.05) is 0 Å². The summed E-state index contributed by atoms with van der Waals surface area (Å²) in [5.41, 5.74) is -0.786. The number of carbonyl (C=O) groups is 1. The molecule has 0 radical (unpaired) electrons. The molecule has 1 aromatic carbocycles. The minimum atomic E-state index is -1.94. The molecule has 2 N–H and O–H groups in total. The van der Waals surface area contributed by atoms with Crippen LogP contribution in [0.2, 0.25) is 0 Å². The molecule has 80 valence electrons. The second kappa shape index (κ2) is 3.32. The molecule has 4 heteroatoms. The topological polar surface area (TPSA) is 66.8 Å². The molecule has 1 aromatic rings. The molecule has 0 amide bonds. The monoisotopic (exact) mass is 208 g/mol. The summed E-state index contributed by atoms with van der Waals surface area (Å²) in [5, 5.41) is 19.6. The lowest BCUT2D eigenvalue weighted by molar-refractivity contribution is -0.184. The Hall–Kier alpha value is -1.39. The van der Waals surface area contributed by atoms with E-state index in [4.69, 9.17) is 4.74 Å². The van der Waals surface area contributed by atoms with Crippen molar-refractivity contribution in [2.45, 2.75) is 25.2 Å². The normalized spacial score (nSPS) is 26.7. The molecule has 0 aromatic heterocycles. The van der Waals surface area contributed by atoms with Gasteiger partial charge in [0.2, 0.25) is 5.60 Å². The van der Waals surface area contributed by atoms with Crippen LogP contribution in [0.4, 0.5) is 0 Å². The summed E-state index contributed by atoms with van der Waals surface area (Å²) < 4.78 is 4.83. The Balaban J connectivity index is 2.60. The summed E-state index contributed by atoms with van der Waals surface area (Å²) in [7, 11) is 0. The third kappa shape index (κ3) is 1.33. The van der Waals surface area contributed by atoms with Crippen molar-refractivity contribution in [2.24, 2.45) is 0 Å². The van der Waals surface area contributed by atoms with Crippen LogP contribution in [-0.4, -0.2) is 22.3 Å². The van der Waals surface area contributed by atoms with Crippen molar-refractivity contribution >= 4 is 5.97 Å². The first-order valence-corrected chi connectivity index (χ1v) is 4.73. The van der Waals surface area contributed by atoms with Crippen molar-refractivity contribution < 1.29 is 19.7 Å². The van der Waals surface area contributed by atoms with E-state index in [0.717, 1.165) is 5.56 Å². The Bertz CT molecular complexity index is 399. The van der Waals surface area contributed by atoms with Crippen molar-refractivity contribution in [1.82, 2.24) is 0 Å². The van der Waals surface area contributed by atoms with Gasteiger partial charge in [0.05, 0.1) is 6.10 Å². The maximum atomic E-state index is 11.5. The summed E-state index contributed by atoms with van der Waals surface area (Å²) in [6.45, 7) is 1.51. The fraction of sp³-hybridized carbons (Fsp3) is 0.364. The highest BCUT2D eigenvalue weighted by Gasteiger charge is 2.48. The summed E-state index contributed by atoms with van der Waals surface area (Å²) in [4.78, 5) is 11.5. The van der Waals surface area contributed by atoms with Crippen LogP contribution in [0.5, 0.6) is 0 Å². The van der Waals surface area contributed by atoms with Crippen LogP contribution < -0.4 is 0 Å². The van der Waals surface area contributed by atoms with Crippen LogP contribution in [-0.2, 0) is 21.7 Å². The van der Waals surface area contributed by atoms with E-state index in [-0.39, 0.29) is 6.61 Å². The number of aliphatic hydroxyl groups excluding tert-OH is 1. The Kier molecular flexibility index (Phi) is 2.25. The van der Waals surface area contributed by atoms with Crippen molar-refractivity contribution in [3.8, 4) is 0 Å². The molecule has 0 saturated carbocycles. The first kappa shape index (κ1) is 10.1. The SMILES string of the molecule is C[C@H](O)[C@@]1(O)C(=O)OCc2ccccc21. The smallest absolute Gasteiger partial charge is 0.345 e. The zero-order valence-electron chi connectivity index (χ0n) is 8.30. The van der Waals surface area contributed by atoms with Gasteiger partial charge in [-0.25, -0.2) is 4.79 Å². The second-order valence-corrected chi connectivity index (χ2v) is 3.68. The molecular formula is C11H12O4. The first-order valence-electron chi connectivity index (χ1n) is 4.73. The number of hydrogen-bond acceptors (Lipinski definition) is 4. The number of aliphatic hydroxyl groups is 2. The van der Waals surface area contributed by atoms with Gasteiger partial charge in [0.25, 0.3) is 0 Å². The van der Waals surface area contributed by atoms with E-state index in [1.54, 1.807) is 24.3 Å². The van der Waals surface area contributed by atoms with Crippen molar-refractivity contribution in [2.75, 3.05) is 0 Å². The van der Waals surface area contributed by atoms with E-state index in [2.05, 4.69) is 0 Å². The van der Waals surface area contributed by atoms with Crippen molar-refractivity contribution in [3.05, 3.63) is 35.4 Å². The maximum Gasteiger partial charge on any atom is 0.345 e. The van der Waals surface area contributed by atoms with E-state index in [9.17, 15) is 15.0 Å². The molecule has 2 atom stereocenters. The van der Waals surface area contributed by atoms with Gasteiger partial charge < -0.3 is 14.9 Å². The van der Waals surface area contributed by atoms with E-state index in [0.29, 0.717) is 5.56 Å². The number of fused-ring (bicyclic) bond motifs is 1. The fourth-order valence-corrected chi connectivity index (χ4v) is 1.78. The summed E-state index contributed by atoms with van der Waals surface area (Å²) >= 11 is 0. The highest BCUT2D eigenvalue weighted by molar-refractivity contribution is 5.83. The van der Waals surface area contributed by atoms with Gasteiger partial charge in [0.15, 0.2) is 0 Å². The van der Waals surface area contributed by atoms with Crippen LogP contribution in [0.3, 0.4) is 0 Å². The molecule has 0 saturated heterocycles. The predicted molar refractivity (Wildman–Crippen MR) is 51.8 cm³/mol. The lowest BCUT2D eigenvalue weighted by Crippen LogP contribution is -2.49. The number of cyclic esters (lactones) is 1. The molecule has 2 rings (SSSR count). The van der Waals surface area contributed by atoms with Gasteiger partial charge in [0.1, 0.15) is 6.61 Å². The third-order valence-corrected chi connectivity index (χ3v) is 2.70. The second-order valence-electron chi connectivity index (χ2n) is 3.68. The molecule has 0 aliphatic carbocycles. The number of hydrogen-bond donors (Lipinski definition) is 2. The largest absolute Gasteiger partial charge is 0.458 e. The van der Waals surface area contributed by atoms with Gasteiger partial charge in [-0.3, -0.25) is 0 Å². The molecule has 0 unspecified atom stereocenters. The zero-order chi connectivity index (χ0) is 11.1. The molecule has 15 heavy (non-hydrogen) atoms. The lowest BCUT2D eigenvalue weighted by Gasteiger charge is -2.34. The summed E-state index contributed by atoms with van der Waals surface area (Å²) in [6, 6.07) is 6.89. The molecule has 4 nitrogen and oxygen atoms in total. The Labute approximate surface area is 87.1 Å². The molecule has 1 aliphatic heterocycles. The van der Waals surface area contributed by atoms with Gasteiger partial charge in [-0.2, -0.15) is 0 Å². The Morgan fingerprint density at radius 3 is 2.80 bits per heavy atom. The molecule has 0 spiro atoms. The molecular weight excluding hydrogens is 196 g/mol. The van der Waals surface area contributed by atoms with Gasteiger partial charge in [-0.15, -0.1) is 0 Å². The predicted octanol–water partition coefficient (Wildman–Crippen LogP) is 0.312. The zero-order valence-corrected chi connectivity index (χ0v) is 8.30. The fourth-order valence-electron chi connectivity index (χ4n) is 1.78. The highest BCUT2D eigenvalue weighted by atomic mass is 16.6. The van der Waals surface area contributed by atoms with Gasteiger partial charge in [0, 0.05) is 5.56 Å². The average molecular weight is 208 g/mol. The summed E-state index contributed by atoms with van der Waals surface area (Å²) in [5.74, 6) is -0.795. The maximum absolute atomic E-state index is 11.5. The first-order chi connectivity index (χ1) is 7.06. The summed E-state index contributed by atoms with van der Waals surface area (Å²) in [6.07, 6.45) is -1.20. The minimum absolute atomic E-state index is 0.143. The number of ether oxygens (including phenoxy) is 1. The minimum Gasteiger partial charge on any atom is -0.458 e. The lowest BCUT2D eigenvalue weighted by atomic mass is 9.84. The molecule has 0 bridgehead atoms. The molecule has 1 heterocycles. The Morgan fingerprint density at radius 2 is 2.13 bits per heavy atom. The van der Waals surface area contributed by atoms with Crippen molar-refractivity contribution in [1.29, 1.82) is 0 Å². The number of carbonyl (C=O) groups excluding carboxylic acids is 1. The highest BCUT2D eigenvalue weighted by Crippen LogP contribution is 2.33.